The molecule has 0 amide bonds. The molecule has 96 valence electrons. The highest BCUT2D eigenvalue weighted by atomic mass is 32.2. The second kappa shape index (κ2) is 5.01. The standard InChI is InChI=1S/C11H15N5OS/c1-16-8(4-5-13-16)7-12-11-15-14-10(17-11)9-3-2-6-18-9/h4-5,9H,2-3,6-7H2,1H3,(H,12,15). The van der Waals surface area contributed by atoms with E-state index in [-0.39, 0.29) is 0 Å². The normalized spacial score (nSPS) is 19.3. The van der Waals surface area contributed by atoms with Crippen molar-refractivity contribution in [3.05, 3.63) is 23.8 Å². The van der Waals surface area contributed by atoms with Gasteiger partial charge < -0.3 is 9.73 Å². The maximum absolute atomic E-state index is 5.62. The number of hydrogen-bond donors (Lipinski definition) is 1. The lowest BCUT2D eigenvalue weighted by atomic mass is 10.2. The van der Waals surface area contributed by atoms with Gasteiger partial charge in [0.1, 0.15) is 0 Å². The predicted octanol–water partition coefficient (Wildman–Crippen LogP) is 1.98. The van der Waals surface area contributed by atoms with Crippen LogP contribution in [0.2, 0.25) is 0 Å². The highest BCUT2D eigenvalue weighted by molar-refractivity contribution is 7.99. The van der Waals surface area contributed by atoms with E-state index in [4.69, 9.17) is 4.42 Å². The minimum absolute atomic E-state index is 0.379. The van der Waals surface area contributed by atoms with Crippen molar-refractivity contribution in [2.75, 3.05) is 11.1 Å². The van der Waals surface area contributed by atoms with Crippen LogP contribution in [-0.4, -0.2) is 25.7 Å². The first-order chi connectivity index (χ1) is 8.83. The van der Waals surface area contributed by atoms with Crippen LogP contribution < -0.4 is 5.32 Å². The van der Waals surface area contributed by atoms with Crippen LogP contribution in [0.4, 0.5) is 6.01 Å². The summed E-state index contributed by atoms with van der Waals surface area (Å²) in [6.45, 7) is 0.635. The van der Waals surface area contributed by atoms with Gasteiger partial charge in [0, 0.05) is 13.2 Å². The molecule has 18 heavy (non-hydrogen) atoms. The maximum atomic E-state index is 5.62. The summed E-state index contributed by atoms with van der Waals surface area (Å²) in [4.78, 5) is 0. The zero-order valence-corrected chi connectivity index (χ0v) is 11.0. The number of aromatic nitrogens is 4. The fourth-order valence-corrected chi connectivity index (χ4v) is 3.14. The molecule has 0 saturated carbocycles. The van der Waals surface area contributed by atoms with E-state index >= 15 is 0 Å². The molecule has 2 aromatic rings. The number of aryl methyl sites for hydroxylation is 1. The van der Waals surface area contributed by atoms with Gasteiger partial charge in [0.25, 0.3) is 0 Å². The van der Waals surface area contributed by atoms with E-state index in [1.807, 2.05) is 29.6 Å². The number of rotatable bonds is 4. The zero-order chi connectivity index (χ0) is 12.4. The van der Waals surface area contributed by atoms with Crippen LogP contribution in [0.5, 0.6) is 0 Å². The van der Waals surface area contributed by atoms with E-state index in [0.29, 0.717) is 17.8 Å². The number of nitrogens with zero attached hydrogens (tertiary/aromatic N) is 4. The molecule has 3 rings (SSSR count). The summed E-state index contributed by atoms with van der Waals surface area (Å²) in [7, 11) is 1.91. The minimum atomic E-state index is 0.379. The molecular formula is C11H15N5OS. The topological polar surface area (TPSA) is 68.8 Å². The summed E-state index contributed by atoms with van der Waals surface area (Å²) in [5, 5.41) is 15.7. The molecule has 1 atom stereocenters. The average Bonchev–Trinajstić information content (AvgIpc) is 3.08. The van der Waals surface area contributed by atoms with Crippen molar-refractivity contribution in [1.82, 2.24) is 20.0 Å². The quantitative estimate of drug-likeness (QED) is 0.911. The van der Waals surface area contributed by atoms with Crippen molar-refractivity contribution in [2.45, 2.75) is 24.6 Å². The number of nitrogens with one attached hydrogen (secondary N) is 1. The summed E-state index contributed by atoms with van der Waals surface area (Å²) in [5.41, 5.74) is 1.07. The van der Waals surface area contributed by atoms with Crippen molar-refractivity contribution >= 4 is 17.8 Å². The SMILES string of the molecule is Cn1nccc1CNc1nnc(C2CCCS2)o1. The second-order valence-electron chi connectivity index (χ2n) is 4.25. The Bertz CT molecular complexity index is 517. The van der Waals surface area contributed by atoms with Crippen LogP contribution in [0, 0.1) is 0 Å². The van der Waals surface area contributed by atoms with E-state index in [1.54, 1.807) is 6.20 Å². The van der Waals surface area contributed by atoms with Gasteiger partial charge >= 0.3 is 6.01 Å². The smallest absolute Gasteiger partial charge is 0.315 e. The van der Waals surface area contributed by atoms with Crippen LogP contribution in [0.25, 0.3) is 0 Å². The first-order valence-corrected chi connectivity index (χ1v) is 7.03. The monoisotopic (exact) mass is 265 g/mol. The molecule has 2 aromatic heterocycles. The van der Waals surface area contributed by atoms with Crippen molar-refractivity contribution in [3.63, 3.8) is 0 Å². The van der Waals surface area contributed by atoms with Gasteiger partial charge in [0.15, 0.2) is 0 Å². The molecule has 0 bridgehead atoms. The molecule has 1 N–H and O–H groups in total. The first-order valence-electron chi connectivity index (χ1n) is 5.98. The molecule has 1 unspecified atom stereocenters. The zero-order valence-electron chi connectivity index (χ0n) is 10.2. The molecule has 1 aliphatic heterocycles. The molecule has 0 radical (unpaired) electrons. The molecule has 6 nitrogen and oxygen atoms in total. The predicted molar refractivity (Wildman–Crippen MR) is 69.3 cm³/mol. The van der Waals surface area contributed by atoms with Crippen LogP contribution in [-0.2, 0) is 13.6 Å². The third-order valence-electron chi connectivity index (χ3n) is 2.99. The van der Waals surface area contributed by atoms with Gasteiger partial charge in [0.05, 0.1) is 17.5 Å². The van der Waals surface area contributed by atoms with Gasteiger partial charge in [0.2, 0.25) is 5.89 Å². The Morgan fingerprint density at radius 3 is 3.22 bits per heavy atom. The number of hydrogen-bond acceptors (Lipinski definition) is 6. The molecule has 0 spiro atoms. The highest BCUT2D eigenvalue weighted by Crippen LogP contribution is 2.39. The Balaban J connectivity index is 1.61. The van der Waals surface area contributed by atoms with Gasteiger partial charge in [-0.3, -0.25) is 4.68 Å². The second-order valence-corrected chi connectivity index (χ2v) is 5.56. The van der Waals surface area contributed by atoms with Crippen molar-refractivity contribution in [1.29, 1.82) is 0 Å². The molecule has 1 saturated heterocycles. The fourth-order valence-electron chi connectivity index (χ4n) is 1.95. The average molecular weight is 265 g/mol. The Morgan fingerprint density at radius 1 is 1.56 bits per heavy atom. The Hall–Kier alpha value is -1.50. The Kier molecular flexibility index (Phi) is 3.22. The summed E-state index contributed by atoms with van der Waals surface area (Å²) >= 11 is 1.89. The Morgan fingerprint density at radius 2 is 2.50 bits per heavy atom. The lowest BCUT2D eigenvalue weighted by molar-refractivity contribution is 0.495. The fraction of sp³-hybridized carbons (Fsp3) is 0.545. The van der Waals surface area contributed by atoms with Crippen molar-refractivity contribution in [3.8, 4) is 0 Å². The van der Waals surface area contributed by atoms with Crippen LogP contribution >= 0.6 is 11.8 Å². The van der Waals surface area contributed by atoms with Crippen LogP contribution in [0.1, 0.15) is 29.7 Å². The van der Waals surface area contributed by atoms with Gasteiger partial charge in [-0.1, -0.05) is 5.10 Å². The van der Waals surface area contributed by atoms with E-state index in [9.17, 15) is 0 Å². The molecule has 1 aliphatic rings. The Labute approximate surface area is 109 Å². The summed E-state index contributed by atoms with van der Waals surface area (Å²) in [6, 6.07) is 2.44. The van der Waals surface area contributed by atoms with Crippen molar-refractivity contribution in [2.24, 2.45) is 7.05 Å². The summed E-state index contributed by atoms with van der Waals surface area (Å²) < 4.78 is 7.44. The van der Waals surface area contributed by atoms with Gasteiger partial charge in [-0.25, -0.2) is 0 Å². The van der Waals surface area contributed by atoms with Gasteiger partial charge in [-0.2, -0.15) is 5.10 Å². The van der Waals surface area contributed by atoms with Crippen molar-refractivity contribution < 1.29 is 4.42 Å². The van der Waals surface area contributed by atoms with E-state index < -0.39 is 0 Å². The molecule has 1 fully saturated rings. The van der Waals surface area contributed by atoms with Crippen LogP contribution in [0.15, 0.2) is 16.7 Å². The molecule has 7 heteroatoms. The van der Waals surface area contributed by atoms with E-state index in [1.165, 1.54) is 12.2 Å². The molecule has 3 heterocycles. The van der Waals surface area contributed by atoms with Gasteiger partial charge in [-0.15, -0.1) is 16.9 Å². The van der Waals surface area contributed by atoms with E-state index in [0.717, 1.165) is 18.0 Å². The lowest BCUT2D eigenvalue weighted by Gasteiger charge is -2.02. The van der Waals surface area contributed by atoms with Gasteiger partial charge in [-0.05, 0) is 24.7 Å². The maximum Gasteiger partial charge on any atom is 0.315 e. The van der Waals surface area contributed by atoms with Crippen LogP contribution in [0.3, 0.4) is 0 Å². The third-order valence-corrected chi connectivity index (χ3v) is 4.35. The lowest BCUT2D eigenvalue weighted by Crippen LogP contribution is -2.05. The highest BCUT2D eigenvalue weighted by Gasteiger charge is 2.23. The number of thioether (sulfide) groups is 1. The summed E-state index contributed by atoms with van der Waals surface area (Å²) in [5.74, 6) is 1.93. The van der Waals surface area contributed by atoms with E-state index in [2.05, 4.69) is 20.6 Å². The minimum Gasteiger partial charge on any atom is -0.407 e. The molecule has 0 aliphatic carbocycles. The molecular weight excluding hydrogens is 250 g/mol. The molecule has 0 aromatic carbocycles. The number of anilines is 1. The largest absolute Gasteiger partial charge is 0.407 e. The third kappa shape index (κ3) is 2.35. The first kappa shape index (κ1) is 11.6. The summed E-state index contributed by atoms with van der Waals surface area (Å²) in [6.07, 6.45) is 4.13.